The number of nitrogens with one attached hydrogen (secondary N) is 2. The van der Waals surface area contributed by atoms with E-state index in [2.05, 4.69) is 30.8 Å². The van der Waals surface area contributed by atoms with Crippen LogP contribution >= 0.6 is 0 Å². The molecule has 0 amide bonds. The Morgan fingerprint density at radius 3 is 2.43 bits per heavy atom. The SMILES string of the molecule is CC(CNC1CC1)S(=O)(=O)Nc1ccccc1C(C)(C)C. The molecule has 0 aromatic heterocycles. The molecule has 1 aromatic rings. The number of hydrogen-bond donors (Lipinski definition) is 2. The van der Waals surface area contributed by atoms with Crippen LogP contribution in [0.1, 0.15) is 46.1 Å². The monoisotopic (exact) mass is 310 g/mol. The highest BCUT2D eigenvalue weighted by Crippen LogP contribution is 2.30. The molecule has 1 aromatic carbocycles. The Hall–Kier alpha value is -1.07. The summed E-state index contributed by atoms with van der Waals surface area (Å²) in [6, 6.07) is 8.13. The molecule has 118 valence electrons. The molecule has 5 heteroatoms. The molecule has 0 aliphatic heterocycles. The third-order valence-electron chi connectivity index (χ3n) is 3.79. The first-order valence-electron chi connectivity index (χ1n) is 7.54. The molecular formula is C16H26N2O2S. The highest BCUT2D eigenvalue weighted by Gasteiger charge is 2.27. The summed E-state index contributed by atoms with van der Waals surface area (Å²) < 4.78 is 27.7. The second-order valence-corrected chi connectivity index (χ2v) is 9.03. The van der Waals surface area contributed by atoms with Crippen molar-refractivity contribution in [3.63, 3.8) is 0 Å². The van der Waals surface area contributed by atoms with Gasteiger partial charge >= 0.3 is 0 Å². The lowest BCUT2D eigenvalue weighted by atomic mass is 9.86. The first-order valence-corrected chi connectivity index (χ1v) is 9.09. The zero-order valence-electron chi connectivity index (χ0n) is 13.3. The Morgan fingerprint density at radius 2 is 1.86 bits per heavy atom. The van der Waals surface area contributed by atoms with E-state index in [9.17, 15) is 8.42 Å². The molecular weight excluding hydrogens is 284 g/mol. The van der Waals surface area contributed by atoms with E-state index < -0.39 is 15.3 Å². The molecule has 1 unspecified atom stereocenters. The summed E-state index contributed by atoms with van der Waals surface area (Å²) >= 11 is 0. The summed E-state index contributed by atoms with van der Waals surface area (Å²) in [6.07, 6.45) is 2.32. The fourth-order valence-corrected chi connectivity index (χ4v) is 3.21. The topological polar surface area (TPSA) is 58.2 Å². The summed E-state index contributed by atoms with van der Waals surface area (Å²) in [6.45, 7) is 8.49. The Labute approximate surface area is 128 Å². The van der Waals surface area contributed by atoms with Crippen LogP contribution in [0.3, 0.4) is 0 Å². The Kier molecular flexibility index (Phi) is 4.63. The van der Waals surface area contributed by atoms with Crippen molar-refractivity contribution in [1.82, 2.24) is 5.32 Å². The van der Waals surface area contributed by atoms with Crippen molar-refractivity contribution in [1.29, 1.82) is 0 Å². The van der Waals surface area contributed by atoms with Crippen molar-refractivity contribution in [2.75, 3.05) is 11.3 Å². The van der Waals surface area contributed by atoms with Gasteiger partial charge < -0.3 is 5.32 Å². The molecule has 1 aliphatic carbocycles. The van der Waals surface area contributed by atoms with Gasteiger partial charge in [0.1, 0.15) is 0 Å². The van der Waals surface area contributed by atoms with Crippen molar-refractivity contribution in [2.24, 2.45) is 0 Å². The number of rotatable bonds is 6. The maximum Gasteiger partial charge on any atom is 0.236 e. The number of benzene rings is 1. The molecule has 4 nitrogen and oxygen atoms in total. The van der Waals surface area contributed by atoms with Gasteiger partial charge in [-0.15, -0.1) is 0 Å². The first-order chi connectivity index (χ1) is 9.70. The lowest BCUT2D eigenvalue weighted by Crippen LogP contribution is -2.36. The Balaban J connectivity index is 2.12. The third kappa shape index (κ3) is 4.45. The van der Waals surface area contributed by atoms with E-state index in [-0.39, 0.29) is 5.41 Å². The van der Waals surface area contributed by atoms with E-state index in [1.807, 2.05) is 24.3 Å². The molecule has 1 fully saturated rings. The van der Waals surface area contributed by atoms with Gasteiger partial charge in [-0.2, -0.15) is 0 Å². The molecule has 1 saturated carbocycles. The zero-order valence-corrected chi connectivity index (χ0v) is 14.1. The maximum absolute atomic E-state index is 12.5. The summed E-state index contributed by atoms with van der Waals surface area (Å²) in [5, 5.41) is 2.82. The standard InChI is InChI=1S/C16H26N2O2S/c1-12(11-17-13-9-10-13)21(19,20)18-15-8-6-5-7-14(15)16(2,3)4/h5-8,12-13,17-18H,9-11H2,1-4H3. The van der Waals surface area contributed by atoms with E-state index in [1.165, 1.54) is 0 Å². The van der Waals surface area contributed by atoms with Gasteiger partial charge in [0.2, 0.25) is 10.0 Å². The molecule has 0 bridgehead atoms. The highest BCUT2D eigenvalue weighted by molar-refractivity contribution is 7.93. The van der Waals surface area contributed by atoms with Gasteiger partial charge in [0.25, 0.3) is 0 Å². The maximum atomic E-state index is 12.5. The van der Waals surface area contributed by atoms with Gasteiger partial charge in [0.15, 0.2) is 0 Å². The summed E-state index contributed by atoms with van der Waals surface area (Å²) in [5.74, 6) is 0. The molecule has 1 atom stereocenters. The van der Waals surface area contributed by atoms with Crippen LogP contribution in [0, 0.1) is 0 Å². The van der Waals surface area contributed by atoms with Crippen molar-refractivity contribution < 1.29 is 8.42 Å². The minimum Gasteiger partial charge on any atom is -0.313 e. The van der Waals surface area contributed by atoms with Gasteiger partial charge in [-0.05, 0) is 36.8 Å². The summed E-state index contributed by atoms with van der Waals surface area (Å²) in [5.41, 5.74) is 1.59. The molecule has 2 rings (SSSR count). The largest absolute Gasteiger partial charge is 0.313 e. The highest BCUT2D eigenvalue weighted by atomic mass is 32.2. The number of hydrogen-bond acceptors (Lipinski definition) is 3. The van der Waals surface area contributed by atoms with Gasteiger partial charge in [0, 0.05) is 12.6 Å². The molecule has 0 saturated heterocycles. The fourth-order valence-electron chi connectivity index (χ4n) is 2.21. The van der Waals surface area contributed by atoms with E-state index in [0.717, 1.165) is 18.4 Å². The predicted octanol–water partition coefficient (Wildman–Crippen LogP) is 2.87. The van der Waals surface area contributed by atoms with Crippen LogP contribution in [-0.4, -0.2) is 26.3 Å². The van der Waals surface area contributed by atoms with Gasteiger partial charge in [-0.1, -0.05) is 39.0 Å². The molecule has 1 aliphatic rings. The van der Waals surface area contributed by atoms with E-state index in [1.54, 1.807) is 6.92 Å². The van der Waals surface area contributed by atoms with Crippen LogP contribution in [0.15, 0.2) is 24.3 Å². The number of anilines is 1. The van der Waals surface area contributed by atoms with Crippen LogP contribution in [0.25, 0.3) is 0 Å². The van der Waals surface area contributed by atoms with Crippen LogP contribution < -0.4 is 10.0 Å². The lowest BCUT2D eigenvalue weighted by Gasteiger charge is -2.24. The average molecular weight is 310 g/mol. The second-order valence-electron chi connectivity index (χ2n) is 6.94. The van der Waals surface area contributed by atoms with Gasteiger partial charge in [0.05, 0.1) is 10.9 Å². The quantitative estimate of drug-likeness (QED) is 0.849. The van der Waals surface area contributed by atoms with E-state index in [0.29, 0.717) is 18.3 Å². The summed E-state index contributed by atoms with van der Waals surface area (Å²) in [7, 11) is -3.38. The lowest BCUT2D eigenvalue weighted by molar-refractivity contribution is 0.574. The first kappa shape index (κ1) is 16.3. The molecule has 0 heterocycles. The summed E-state index contributed by atoms with van der Waals surface area (Å²) in [4.78, 5) is 0. The van der Waals surface area contributed by atoms with Crippen molar-refractivity contribution in [2.45, 2.75) is 57.2 Å². The van der Waals surface area contributed by atoms with Crippen LogP contribution in [0.2, 0.25) is 0 Å². The second kappa shape index (κ2) is 5.97. The average Bonchev–Trinajstić information content (AvgIpc) is 3.18. The Bertz CT molecular complexity index is 587. The van der Waals surface area contributed by atoms with Crippen molar-refractivity contribution >= 4 is 15.7 Å². The number of sulfonamides is 1. The van der Waals surface area contributed by atoms with Crippen molar-refractivity contribution in [3.05, 3.63) is 29.8 Å². The van der Waals surface area contributed by atoms with E-state index in [4.69, 9.17) is 0 Å². The number of para-hydroxylation sites is 1. The van der Waals surface area contributed by atoms with Crippen LogP contribution in [0.5, 0.6) is 0 Å². The zero-order chi connectivity index (χ0) is 15.7. The normalized spacial score (nSPS) is 17.5. The molecule has 0 spiro atoms. The predicted molar refractivity (Wildman–Crippen MR) is 88.2 cm³/mol. The molecule has 21 heavy (non-hydrogen) atoms. The van der Waals surface area contributed by atoms with E-state index >= 15 is 0 Å². The molecule has 2 N–H and O–H groups in total. The van der Waals surface area contributed by atoms with Crippen LogP contribution in [-0.2, 0) is 15.4 Å². The smallest absolute Gasteiger partial charge is 0.236 e. The Morgan fingerprint density at radius 1 is 1.24 bits per heavy atom. The minimum absolute atomic E-state index is 0.103. The van der Waals surface area contributed by atoms with Crippen LogP contribution in [0.4, 0.5) is 5.69 Å². The third-order valence-corrected chi connectivity index (χ3v) is 5.52. The van der Waals surface area contributed by atoms with Gasteiger partial charge in [-0.25, -0.2) is 8.42 Å². The minimum atomic E-state index is -3.38. The fraction of sp³-hybridized carbons (Fsp3) is 0.625. The molecule has 0 radical (unpaired) electrons. The van der Waals surface area contributed by atoms with Crippen molar-refractivity contribution in [3.8, 4) is 0 Å². The van der Waals surface area contributed by atoms with Gasteiger partial charge in [-0.3, -0.25) is 4.72 Å².